The molecule has 0 fully saturated rings. The Labute approximate surface area is 197 Å². The van der Waals surface area contributed by atoms with Crippen LogP contribution < -0.4 is 11.1 Å². The highest BCUT2D eigenvalue weighted by Crippen LogP contribution is 2.35. The monoisotopic (exact) mass is 482 g/mol. The van der Waals surface area contributed by atoms with Gasteiger partial charge < -0.3 is 20.2 Å². The summed E-state index contributed by atoms with van der Waals surface area (Å²) in [5, 5.41) is 24.2. The summed E-state index contributed by atoms with van der Waals surface area (Å²) >= 11 is 2.38. The minimum Gasteiger partial charge on any atom is -0.466 e. The molecule has 0 atom stereocenters. The van der Waals surface area contributed by atoms with Crippen LogP contribution >= 0.6 is 23.1 Å². The molecule has 0 aromatic carbocycles. The zero-order valence-corrected chi connectivity index (χ0v) is 19.1. The summed E-state index contributed by atoms with van der Waals surface area (Å²) < 4.78 is 10.2. The van der Waals surface area contributed by atoms with Crippen LogP contribution in [0.15, 0.2) is 33.2 Å². The van der Waals surface area contributed by atoms with E-state index < -0.39 is 0 Å². The van der Waals surface area contributed by atoms with E-state index in [1.165, 1.54) is 29.4 Å². The van der Waals surface area contributed by atoms with Gasteiger partial charge in [-0.3, -0.25) is 9.59 Å². The van der Waals surface area contributed by atoms with E-state index in [4.69, 9.17) is 14.9 Å². The third kappa shape index (κ3) is 5.88. The quantitative estimate of drug-likeness (QED) is 0.341. The summed E-state index contributed by atoms with van der Waals surface area (Å²) in [5.41, 5.74) is 6.95. The van der Waals surface area contributed by atoms with Gasteiger partial charge in [0.05, 0.1) is 36.1 Å². The number of rotatable bonds is 9. The molecule has 0 aliphatic heterocycles. The Hall–Kier alpha value is -3.87. The fourth-order valence-electron chi connectivity index (χ4n) is 2.80. The molecule has 0 saturated heterocycles. The number of nitrogens with two attached hydrogens (primary N) is 1. The predicted molar refractivity (Wildman–Crippen MR) is 122 cm³/mol. The van der Waals surface area contributed by atoms with Crippen molar-refractivity contribution in [3.05, 3.63) is 40.6 Å². The van der Waals surface area contributed by atoms with Gasteiger partial charge in [-0.1, -0.05) is 0 Å². The lowest BCUT2D eigenvalue weighted by Gasteiger charge is -2.11. The molecule has 0 unspecified atom stereocenters. The Morgan fingerprint density at radius 1 is 1.30 bits per heavy atom. The molecule has 0 aliphatic rings. The molecule has 3 aromatic heterocycles. The van der Waals surface area contributed by atoms with E-state index in [-0.39, 0.29) is 47.2 Å². The number of nitrogen functional groups attached to an aromatic ring is 1. The maximum atomic E-state index is 12.3. The van der Waals surface area contributed by atoms with E-state index in [2.05, 4.69) is 21.4 Å². The minimum absolute atomic E-state index is 0.0215. The lowest BCUT2D eigenvalue weighted by atomic mass is 10.0. The number of thioether (sulfide) groups is 1. The van der Waals surface area contributed by atoms with Crippen molar-refractivity contribution < 1.29 is 18.7 Å². The van der Waals surface area contributed by atoms with Crippen molar-refractivity contribution >= 4 is 45.9 Å². The normalized spacial score (nSPS) is 10.3. The van der Waals surface area contributed by atoms with Crippen molar-refractivity contribution in [3.63, 3.8) is 0 Å². The van der Waals surface area contributed by atoms with Gasteiger partial charge in [0.25, 0.3) is 0 Å². The van der Waals surface area contributed by atoms with Gasteiger partial charge in [-0.15, -0.1) is 23.1 Å². The average Bonchev–Trinajstić information content (AvgIpc) is 3.46. The van der Waals surface area contributed by atoms with Crippen LogP contribution in [0.1, 0.15) is 30.2 Å². The van der Waals surface area contributed by atoms with E-state index >= 15 is 0 Å². The maximum absolute atomic E-state index is 12.3. The van der Waals surface area contributed by atoms with E-state index in [0.29, 0.717) is 34.0 Å². The molecule has 0 aliphatic carbocycles. The topological polar surface area (TPSA) is 168 Å². The fraction of sp³-hybridized carbons (Fsp3) is 0.238. The molecule has 0 spiro atoms. The zero-order chi connectivity index (χ0) is 23.8. The highest BCUT2D eigenvalue weighted by atomic mass is 32.2. The van der Waals surface area contributed by atoms with Crippen LogP contribution in [0.4, 0.5) is 10.9 Å². The number of pyridine rings is 1. The molecular formula is C21H18N6O4S2. The number of aromatic nitrogens is 2. The molecule has 0 radical (unpaired) electrons. The number of hydrogen-bond acceptors (Lipinski definition) is 11. The standard InChI is InChI=1S/C21H18N6O4S2/c1-2-30-17(29)8-12-11-33-21(25-12)26-16(28)5-7-32-20-14(10-23)18(15-4-3-6-31-15)13(9-22)19(24)27-20/h3-4,6,11H,2,5,7-8H2,1H3,(H2,24,27)(H,25,26,28). The number of nitrogens with zero attached hydrogens (tertiary/aromatic N) is 4. The summed E-state index contributed by atoms with van der Waals surface area (Å²) in [7, 11) is 0. The number of furan rings is 1. The SMILES string of the molecule is CCOC(=O)Cc1csc(NC(=O)CCSc2nc(N)c(C#N)c(-c3ccco3)c2C#N)n1. The van der Waals surface area contributed by atoms with Crippen molar-refractivity contribution in [3.8, 4) is 23.5 Å². The second kappa shape index (κ2) is 11.1. The van der Waals surface area contributed by atoms with Crippen molar-refractivity contribution in [1.29, 1.82) is 10.5 Å². The highest BCUT2D eigenvalue weighted by Gasteiger charge is 2.22. The number of esters is 1. The van der Waals surface area contributed by atoms with Gasteiger partial charge in [0, 0.05) is 17.6 Å². The van der Waals surface area contributed by atoms with Crippen LogP contribution in [0.5, 0.6) is 0 Å². The van der Waals surface area contributed by atoms with E-state index in [0.717, 1.165) is 0 Å². The van der Waals surface area contributed by atoms with Crippen molar-refractivity contribution in [2.75, 3.05) is 23.4 Å². The molecule has 3 heterocycles. The first-order valence-corrected chi connectivity index (χ1v) is 11.5. The van der Waals surface area contributed by atoms with Crippen LogP contribution in [0.25, 0.3) is 11.3 Å². The Morgan fingerprint density at radius 2 is 2.09 bits per heavy atom. The molecule has 3 N–H and O–H groups in total. The third-order valence-electron chi connectivity index (χ3n) is 4.18. The Balaban J connectivity index is 1.65. The molecule has 0 saturated carbocycles. The number of ether oxygens (including phenoxy) is 1. The second-order valence-electron chi connectivity index (χ2n) is 6.40. The smallest absolute Gasteiger partial charge is 0.311 e. The largest absolute Gasteiger partial charge is 0.466 e. The van der Waals surface area contributed by atoms with Gasteiger partial charge in [0.2, 0.25) is 5.91 Å². The van der Waals surface area contributed by atoms with Gasteiger partial charge in [0.1, 0.15) is 34.3 Å². The summed E-state index contributed by atoms with van der Waals surface area (Å²) in [6.07, 6.45) is 1.58. The molecule has 3 rings (SSSR count). The molecule has 12 heteroatoms. The zero-order valence-electron chi connectivity index (χ0n) is 17.5. The summed E-state index contributed by atoms with van der Waals surface area (Å²) in [6, 6.07) is 7.30. The van der Waals surface area contributed by atoms with Crippen LogP contribution in [-0.2, 0) is 20.7 Å². The number of thiazole rings is 1. The van der Waals surface area contributed by atoms with Crippen LogP contribution in [0, 0.1) is 22.7 Å². The average molecular weight is 483 g/mol. The molecule has 1 amide bonds. The number of carbonyl (C=O) groups excluding carboxylic acids is 2. The molecule has 168 valence electrons. The number of amides is 1. The Kier molecular flexibility index (Phi) is 8.02. The van der Waals surface area contributed by atoms with Crippen LogP contribution in [0.3, 0.4) is 0 Å². The van der Waals surface area contributed by atoms with E-state index in [1.807, 2.05) is 6.07 Å². The van der Waals surface area contributed by atoms with E-state index in [1.54, 1.807) is 24.4 Å². The molecule has 3 aromatic rings. The molecular weight excluding hydrogens is 464 g/mol. The summed E-state index contributed by atoms with van der Waals surface area (Å²) in [5.74, 6) is -0.0531. The molecule has 0 bridgehead atoms. The number of carbonyl (C=O) groups is 2. The van der Waals surface area contributed by atoms with Crippen LogP contribution in [0.2, 0.25) is 0 Å². The number of nitrogens with one attached hydrogen (secondary N) is 1. The summed E-state index contributed by atoms with van der Waals surface area (Å²) in [4.78, 5) is 32.2. The first-order valence-electron chi connectivity index (χ1n) is 9.67. The minimum atomic E-state index is -0.381. The van der Waals surface area contributed by atoms with Gasteiger partial charge >= 0.3 is 5.97 Å². The highest BCUT2D eigenvalue weighted by molar-refractivity contribution is 7.99. The third-order valence-corrected chi connectivity index (χ3v) is 5.96. The lowest BCUT2D eigenvalue weighted by Crippen LogP contribution is -2.13. The van der Waals surface area contributed by atoms with E-state index in [9.17, 15) is 20.1 Å². The predicted octanol–water partition coefficient (Wildman–Crippen LogP) is 3.35. The Bertz CT molecular complexity index is 1240. The number of anilines is 2. The van der Waals surface area contributed by atoms with Gasteiger partial charge in [0.15, 0.2) is 5.13 Å². The van der Waals surface area contributed by atoms with Gasteiger partial charge in [-0.05, 0) is 19.1 Å². The first-order chi connectivity index (χ1) is 16.0. The lowest BCUT2D eigenvalue weighted by molar-refractivity contribution is -0.142. The van der Waals surface area contributed by atoms with Crippen molar-refractivity contribution in [2.24, 2.45) is 0 Å². The Morgan fingerprint density at radius 3 is 2.76 bits per heavy atom. The summed E-state index contributed by atoms with van der Waals surface area (Å²) in [6.45, 7) is 2.02. The second-order valence-corrected chi connectivity index (χ2v) is 8.34. The van der Waals surface area contributed by atoms with Crippen molar-refractivity contribution in [1.82, 2.24) is 9.97 Å². The number of hydrogen-bond donors (Lipinski definition) is 2. The fourth-order valence-corrected chi connectivity index (χ4v) is 4.46. The number of nitriles is 2. The van der Waals surface area contributed by atoms with Gasteiger partial charge in [-0.2, -0.15) is 10.5 Å². The van der Waals surface area contributed by atoms with Crippen LogP contribution in [-0.4, -0.2) is 34.2 Å². The maximum Gasteiger partial charge on any atom is 0.311 e. The van der Waals surface area contributed by atoms with Gasteiger partial charge in [-0.25, -0.2) is 9.97 Å². The molecule has 10 nitrogen and oxygen atoms in total. The molecule has 33 heavy (non-hydrogen) atoms. The first kappa shape index (κ1) is 23.8. The van der Waals surface area contributed by atoms with Crippen molar-refractivity contribution in [2.45, 2.75) is 24.8 Å².